The van der Waals surface area contributed by atoms with E-state index >= 15 is 0 Å². The molecule has 2 aromatic heterocycles. The minimum Gasteiger partial charge on any atom is -0.326 e. The molecule has 2 rings (SSSR count). The van der Waals surface area contributed by atoms with Crippen LogP contribution in [0.4, 0.5) is 0 Å². The molecule has 6 heteroatoms. The molecule has 0 saturated carbocycles. The van der Waals surface area contributed by atoms with Crippen molar-refractivity contribution in [1.82, 2.24) is 9.97 Å². The Morgan fingerprint density at radius 1 is 1.41 bits per heavy atom. The molecule has 2 N–H and O–H groups in total. The number of hydrogen-bond acceptors (Lipinski definition) is 4. The van der Waals surface area contributed by atoms with Crippen LogP contribution in [0, 0.1) is 0 Å². The van der Waals surface area contributed by atoms with E-state index in [9.17, 15) is 0 Å². The van der Waals surface area contributed by atoms with E-state index in [4.69, 9.17) is 5.73 Å². The SMILES string of the molecule is CCc1nc(-c2ncc(Br)cc2Br)sc1CN. The van der Waals surface area contributed by atoms with E-state index in [-0.39, 0.29) is 0 Å². The van der Waals surface area contributed by atoms with Crippen LogP contribution in [0.1, 0.15) is 17.5 Å². The molecule has 0 radical (unpaired) electrons. The number of pyridine rings is 1. The second kappa shape index (κ2) is 5.56. The summed E-state index contributed by atoms with van der Waals surface area (Å²) in [6.07, 6.45) is 2.67. The Bertz CT molecular complexity index is 518. The number of hydrogen-bond donors (Lipinski definition) is 1. The predicted molar refractivity (Wildman–Crippen MR) is 78.0 cm³/mol. The maximum Gasteiger partial charge on any atom is 0.143 e. The molecule has 2 aromatic rings. The zero-order valence-electron chi connectivity index (χ0n) is 9.20. The first-order valence-corrected chi connectivity index (χ1v) is 7.56. The molecule has 0 spiro atoms. The third-order valence-corrected chi connectivity index (χ3v) is 4.47. The number of aromatic nitrogens is 2. The van der Waals surface area contributed by atoms with Gasteiger partial charge in [0, 0.05) is 26.6 Å². The minimum atomic E-state index is 0.537. The van der Waals surface area contributed by atoms with Gasteiger partial charge < -0.3 is 5.73 Å². The summed E-state index contributed by atoms with van der Waals surface area (Å²) in [7, 11) is 0. The summed E-state index contributed by atoms with van der Waals surface area (Å²) in [6.45, 7) is 2.62. The second-order valence-electron chi connectivity index (χ2n) is 3.43. The topological polar surface area (TPSA) is 51.8 Å². The van der Waals surface area contributed by atoms with Gasteiger partial charge in [0.05, 0.1) is 5.69 Å². The molecule has 0 atom stereocenters. The molecule has 0 aliphatic rings. The standard InChI is InChI=1S/C11H11Br2N3S/c1-2-8-9(4-14)17-11(16-8)10-7(13)3-6(12)5-15-10/h3,5H,2,4,14H2,1H3. The van der Waals surface area contributed by atoms with E-state index in [0.29, 0.717) is 6.54 Å². The lowest BCUT2D eigenvalue weighted by Crippen LogP contribution is -1.96. The van der Waals surface area contributed by atoms with Crippen molar-refractivity contribution in [2.75, 3.05) is 0 Å². The Hall–Kier alpha value is -0.300. The van der Waals surface area contributed by atoms with Crippen molar-refractivity contribution in [2.45, 2.75) is 19.9 Å². The molecule has 0 aliphatic heterocycles. The summed E-state index contributed by atoms with van der Waals surface area (Å²) in [5, 5.41) is 0.918. The van der Waals surface area contributed by atoms with E-state index in [1.54, 1.807) is 17.5 Å². The highest BCUT2D eigenvalue weighted by Crippen LogP contribution is 2.32. The van der Waals surface area contributed by atoms with Gasteiger partial charge in [0.2, 0.25) is 0 Å². The molecule has 17 heavy (non-hydrogen) atoms. The van der Waals surface area contributed by atoms with Gasteiger partial charge in [-0.3, -0.25) is 4.98 Å². The van der Waals surface area contributed by atoms with Gasteiger partial charge in [-0.2, -0.15) is 0 Å². The summed E-state index contributed by atoms with van der Waals surface area (Å²) >= 11 is 8.50. The number of rotatable bonds is 3. The third-order valence-electron chi connectivity index (χ3n) is 2.31. The summed E-state index contributed by atoms with van der Waals surface area (Å²) in [6, 6.07) is 1.97. The van der Waals surface area contributed by atoms with Gasteiger partial charge in [0.15, 0.2) is 0 Å². The molecule has 0 saturated heterocycles. The lowest BCUT2D eigenvalue weighted by molar-refractivity contribution is 0.988. The fraction of sp³-hybridized carbons (Fsp3) is 0.273. The first-order chi connectivity index (χ1) is 8.15. The Morgan fingerprint density at radius 3 is 2.71 bits per heavy atom. The lowest BCUT2D eigenvalue weighted by Gasteiger charge is -1.99. The summed E-state index contributed by atoms with van der Waals surface area (Å²) in [4.78, 5) is 10.1. The maximum atomic E-state index is 5.71. The van der Waals surface area contributed by atoms with Crippen LogP contribution in [0.25, 0.3) is 10.7 Å². The minimum absolute atomic E-state index is 0.537. The number of nitrogens with zero attached hydrogens (tertiary/aromatic N) is 2. The molecular formula is C11H11Br2N3S. The van der Waals surface area contributed by atoms with Crippen molar-refractivity contribution in [1.29, 1.82) is 0 Å². The van der Waals surface area contributed by atoms with Crippen LogP contribution < -0.4 is 5.73 Å². The first-order valence-electron chi connectivity index (χ1n) is 5.15. The van der Waals surface area contributed by atoms with Gasteiger partial charge in [0.1, 0.15) is 10.7 Å². The number of nitrogens with two attached hydrogens (primary N) is 1. The van der Waals surface area contributed by atoms with Crippen molar-refractivity contribution in [3.63, 3.8) is 0 Å². The number of thiazole rings is 1. The molecule has 0 unspecified atom stereocenters. The zero-order chi connectivity index (χ0) is 12.4. The van der Waals surface area contributed by atoms with Crippen molar-refractivity contribution in [3.8, 4) is 10.7 Å². The molecule has 3 nitrogen and oxygen atoms in total. The van der Waals surface area contributed by atoms with Crippen LogP contribution in [-0.2, 0) is 13.0 Å². The molecule has 90 valence electrons. The van der Waals surface area contributed by atoms with Crippen molar-refractivity contribution < 1.29 is 0 Å². The molecule has 0 aromatic carbocycles. The second-order valence-corrected chi connectivity index (χ2v) is 6.28. The van der Waals surface area contributed by atoms with E-state index in [0.717, 1.165) is 36.6 Å². The number of aryl methyl sites for hydroxylation is 1. The Balaban J connectivity index is 2.49. The van der Waals surface area contributed by atoms with Crippen LogP contribution in [0.2, 0.25) is 0 Å². The molecule has 2 heterocycles. The van der Waals surface area contributed by atoms with Crippen LogP contribution in [0.3, 0.4) is 0 Å². The van der Waals surface area contributed by atoms with Crippen molar-refractivity contribution >= 4 is 43.2 Å². The zero-order valence-corrected chi connectivity index (χ0v) is 13.2. The largest absolute Gasteiger partial charge is 0.326 e. The summed E-state index contributed by atoms with van der Waals surface area (Å²) in [5.74, 6) is 0. The fourth-order valence-corrected chi connectivity index (χ4v) is 3.84. The summed E-state index contributed by atoms with van der Waals surface area (Å²) in [5.41, 5.74) is 7.65. The van der Waals surface area contributed by atoms with Gasteiger partial charge in [-0.1, -0.05) is 6.92 Å². The Morgan fingerprint density at radius 2 is 2.18 bits per heavy atom. The van der Waals surface area contributed by atoms with Crippen molar-refractivity contribution in [2.24, 2.45) is 5.73 Å². The van der Waals surface area contributed by atoms with Gasteiger partial charge >= 0.3 is 0 Å². The molecule has 0 aliphatic carbocycles. The van der Waals surface area contributed by atoms with Gasteiger partial charge in [-0.05, 0) is 44.3 Å². The quantitative estimate of drug-likeness (QED) is 0.887. The van der Waals surface area contributed by atoms with Crippen molar-refractivity contribution in [3.05, 3.63) is 31.8 Å². The van der Waals surface area contributed by atoms with Crippen LogP contribution in [-0.4, -0.2) is 9.97 Å². The number of halogens is 2. The molecular weight excluding hydrogens is 366 g/mol. The van der Waals surface area contributed by atoms with E-state index in [1.807, 2.05) is 6.07 Å². The average molecular weight is 377 g/mol. The van der Waals surface area contributed by atoms with Crippen LogP contribution >= 0.6 is 43.2 Å². The molecule has 0 amide bonds. The van der Waals surface area contributed by atoms with E-state index in [1.165, 1.54) is 0 Å². The van der Waals surface area contributed by atoms with Gasteiger partial charge in [-0.25, -0.2) is 4.98 Å². The van der Waals surface area contributed by atoms with Crippen LogP contribution in [0.5, 0.6) is 0 Å². The van der Waals surface area contributed by atoms with Crippen LogP contribution in [0.15, 0.2) is 21.2 Å². The summed E-state index contributed by atoms with van der Waals surface area (Å²) < 4.78 is 1.88. The van der Waals surface area contributed by atoms with E-state index in [2.05, 4.69) is 48.8 Å². The molecule has 0 fully saturated rings. The predicted octanol–water partition coefficient (Wildman–Crippen LogP) is 3.75. The van der Waals surface area contributed by atoms with Gasteiger partial charge in [0.25, 0.3) is 0 Å². The third kappa shape index (κ3) is 2.76. The maximum absolute atomic E-state index is 5.71. The molecule has 0 bridgehead atoms. The first kappa shape index (κ1) is 13.1. The highest BCUT2D eigenvalue weighted by molar-refractivity contribution is 9.11. The average Bonchev–Trinajstić information content (AvgIpc) is 2.72. The lowest BCUT2D eigenvalue weighted by atomic mass is 10.3. The Labute approximate surface area is 121 Å². The Kier molecular flexibility index (Phi) is 4.30. The highest BCUT2D eigenvalue weighted by atomic mass is 79.9. The normalized spacial score (nSPS) is 10.8. The van der Waals surface area contributed by atoms with Gasteiger partial charge in [-0.15, -0.1) is 11.3 Å². The van der Waals surface area contributed by atoms with E-state index < -0.39 is 0 Å². The highest BCUT2D eigenvalue weighted by Gasteiger charge is 2.13. The smallest absolute Gasteiger partial charge is 0.143 e. The monoisotopic (exact) mass is 375 g/mol. The fourth-order valence-electron chi connectivity index (χ4n) is 1.49.